The molecule has 0 fully saturated rings. The number of alkyl halides is 1. The van der Waals surface area contributed by atoms with Gasteiger partial charge in [0.1, 0.15) is 0 Å². The van der Waals surface area contributed by atoms with Crippen molar-refractivity contribution in [3.8, 4) is 22.3 Å². The second-order valence-corrected chi connectivity index (χ2v) is 9.01. The van der Waals surface area contributed by atoms with Crippen molar-refractivity contribution >= 4 is 22.6 Å². The van der Waals surface area contributed by atoms with Gasteiger partial charge in [0.25, 0.3) is 0 Å². The molecule has 0 saturated heterocycles. The first-order chi connectivity index (χ1) is 14.3. The Kier molecular flexibility index (Phi) is 9.27. The number of hydrogen-bond donors (Lipinski definition) is 0. The largest absolute Gasteiger partial charge is 0.0864 e. The molecule has 0 aliphatic carbocycles. The van der Waals surface area contributed by atoms with Gasteiger partial charge in [0.05, 0.1) is 0 Å². The van der Waals surface area contributed by atoms with Crippen LogP contribution in [-0.4, -0.2) is 4.43 Å². The highest BCUT2D eigenvalue weighted by atomic mass is 127. The summed E-state index contributed by atoms with van der Waals surface area (Å²) in [7, 11) is 0. The van der Waals surface area contributed by atoms with Crippen LogP contribution in [0.3, 0.4) is 0 Å². The minimum atomic E-state index is 1.19. The van der Waals surface area contributed by atoms with E-state index in [0.29, 0.717) is 0 Å². The van der Waals surface area contributed by atoms with Crippen LogP contribution in [0.25, 0.3) is 22.3 Å². The highest BCUT2D eigenvalue weighted by molar-refractivity contribution is 14.1. The fraction of sp³-hybridized carbons (Fsp3) is 0.357. The van der Waals surface area contributed by atoms with E-state index in [4.69, 9.17) is 0 Å². The van der Waals surface area contributed by atoms with Gasteiger partial charge in [0.2, 0.25) is 0 Å². The summed E-state index contributed by atoms with van der Waals surface area (Å²) in [6, 6.07) is 27.2. The van der Waals surface area contributed by atoms with Crippen molar-refractivity contribution in [3.63, 3.8) is 0 Å². The zero-order valence-corrected chi connectivity index (χ0v) is 19.8. The van der Waals surface area contributed by atoms with Crippen molar-refractivity contribution in [3.05, 3.63) is 83.9 Å². The standard InChI is InChI=1S/C28H33I/c1-2-3-5-9-23-13-15-25(16-14-23)26-17-19-27(20-18-26)28-12-8-11-24(22-28)10-6-4-7-21-29/h8,11-20,22H,2-7,9-10,21H2,1H3. The molecule has 3 rings (SSSR count). The average Bonchev–Trinajstić information content (AvgIpc) is 2.78. The Morgan fingerprint density at radius 1 is 0.552 bits per heavy atom. The van der Waals surface area contributed by atoms with Crippen molar-refractivity contribution in [1.29, 1.82) is 0 Å². The molecule has 0 unspecified atom stereocenters. The van der Waals surface area contributed by atoms with E-state index in [0.717, 1.165) is 0 Å². The van der Waals surface area contributed by atoms with Crippen LogP contribution in [-0.2, 0) is 12.8 Å². The second-order valence-electron chi connectivity index (χ2n) is 7.93. The molecular formula is C28H33I. The Morgan fingerprint density at radius 2 is 1.14 bits per heavy atom. The van der Waals surface area contributed by atoms with E-state index in [1.54, 1.807) is 0 Å². The molecule has 0 spiro atoms. The monoisotopic (exact) mass is 496 g/mol. The van der Waals surface area contributed by atoms with Crippen molar-refractivity contribution in [1.82, 2.24) is 0 Å². The molecule has 0 bridgehead atoms. The molecule has 0 aliphatic rings. The number of benzene rings is 3. The van der Waals surface area contributed by atoms with Gasteiger partial charge >= 0.3 is 0 Å². The fourth-order valence-corrected chi connectivity index (χ4v) is 4.34. The molecule has 0 amide bonds. The maximum absolute atomic E-state index is 2.47. The smallest absolute Gasteiger partial charge is 0.000473 e. The van der Waals surface area contributed by atoms with Gasteiger partial charge in [-0.3, -0.25) is 0 Å². The van der Waals surface area contributed by atoms with E-state index >= 15 is 0 Å². The van der Waals surface area contributed by atoms with Crippen molar-refractivity contribution in [2.24, 2.45) is 0 Å². The third kappa shape index (κ3) is 6.99. The van der Waals surface area contributed by atoms with Gasteiger partial charge < -0.3 is 0 Å². The van der Waals surface area contributed by atoms with Crippen LogP contribution in [0.5, 0.6) is 0 Å². The summed E-state index contributed by atoms with van der Waals surface area (Å²) >= 11 is 2.47. The van der Waals surface area contributed by atoms with Gasteiger partial charge in [-0.15, -0.1) is 0 Å². The van der Waals surface area contributed by atoms with Gasteiger partial charge in [0.15, 0.2) is 0 Å². The lowest BCUT2D eigenvalue weighted by atomic mass is 9.97. The first-order valence-corrected chi connectivity index (χ1v) is 12.7. The molecule has 0 aromatic heterocycles. The molecular weight excluding hydrogens is 463 g/mol. The lowest BCUT2D eigenvalue weighted by Gasteiger charge is -2.08. The van der Waals surface area contributed by atoms with Crippen LogP contribution in [0.1, 0.15) is 56.6 Å². The van der Waals surface area contributed by atoms with Crippen LogP contribution in [0.4, 0.5) is 0 Å². The Labute approximate surface area is 190 Å². The average molecular weight is 496 g/mol. The Morgan fingerprint density at radius 3 is 1.79 bits per heavy atom. The number of halogens is 1. The lowest BCUT2D eigenvalue weighted by molar-refractivity contribution is 0.717. The van der Waals surface area contributed by atoms with Crippen LogP contribution in [0, 0.1) is 0 Å². The molecule has 0 nitrogen and oxygen atoms in total. The number of unbranched alkanes of at least 4 members (excludes halogenated alkanes) is 4. The van der Waals surface area contributed by atoms with Gasteiger partial charge in [0, 0.05) is 0 Å². The van der Waals surface area contributed by atoms with Gasteiger partial charge in [-0.2, -0.15) is 0 Å². The van der Waals surface area contributed by atoms with Crippen LogP contribution in [0.2, 0.25) is 0 Å². The summed E-state index contributed by atoms with van der Waals surface area (Å²) < 4.78 is 1.27. The van der Waals surface area contributed by atoms with E-state index in [1.807, 2.05) is 0 Å². The summed E-state index contributed by atoms with van der Waals surface area (Å²) in [6.45, 7) is 2.26. The van der Waals surface area contributed by atoms with E-state index < -0.39 is 0 Å². The third-order valence-electron chi connectivity index (χ3n) is 5.60. The minimum Gasteiger partial charge on any atom is -0.0864 e. The van der Waals surface area contributed by atoms with E-state index in [-0.39, 0.29) is 0 Å². The molecule has 3 aromatic rings. The summed E-state index contributed by atoms with van der Waals surface area (Å²) in [6.07, 6.45) is 10.2. The number of rotatable bonds is 11. The SMILES string of the molecule is CCCCCc1ccc(-c2ccc(-c3cccc(CCCCCI)c3)cc2)cc1. The number of aryl methyl sites for hydroxylation is 2. The highest BCUT2D eigenvalue weighted by Crippen LogP contribution is 2.26. The predicted molar refractivity (Wildman–Crippen MR) is 137 cm³/mol. The molecule has 0 radical (unpaired) electrons. The van der Waals surface area contributed by atoms with Crippen LogP contribution in [0.15, 0.2) is 72.8 Å². The van der Waals surface area contributed by atoms with E-state index in [1.165, 1.54) is 89.2 Å². The Balaban J connectivity index is 1.64. The lowest BCUT2D eigenvalue weighted by Crippen LogP contribution is -1.88. The highest BCUT2D eigenvalue weighted by Gasteiger charge is 2.03. The summed E-state index contributed by atoms with van der Waals surface area (Å²) in [5.41, 5.74) is 8.14. The molecule has 0 heterocycles. The Hall–Kier alpha value is -1.61. The molecule has 0 saturated carbocycles. The normalized spacial score (nSPS) is 11.0. The molecule has 29 heavy (non-hydrogen) atoms. The van der Waals surface area contributed by atoms with Crippen LogP contribution >= 0.6 is 22.6 Å². The van der Waals surface area contributed by atoms with Gasteiger partial charge in [-0.25, -0.2) is 0 Å². The van der Waals surface area contributed by atoms with Gasteiger partial charge in [-0.1, -0.05) is 122 Å². The first-order valence-electron chi connectivity index (χ1n) is 11.1. The fourth-order valence-electron chi connectivity index (χ4n) is 3.80. The summed E-state index contributed by atoms with van der Waals surface area (Å²) in [5, 5.41) is 0. The molecule has 0 atom stereocenters. The number of hydrogen-bond acceptors (Lipinski definition) is 0. The zero-order valence-electron chi connectivity index (χ0n) is 17.7. The van der Waals surface area contributed by atoms with Crippen molar-refractivity contribution < 1.29 is 0 Å². The quantitative estimate of drug-likeness (QED) is 0.141. The predicted octanol–water partition coefficient (Wildman–Crippen LogP) is 8.90. The van der Waals surface area contributed by atoms with Gasteiger partial charge in [-0.05, 0) is 69.9 Å². The molecule has 1 heteroatoms. The Bertz CT molecular complexity index is 846. The maximum Gasteiger partial charge on any atom is -0.000473 e. The summed E-state index contributed by atoms with van der Waals surface area (Å²) in [5.74, 6) is 0. The topological polar surface area (TPSA) is 0 Å². The minimum absolute atomic E-state index is 1.19. The molecule has 0 N–H and O–H groups in total. The second kappa shape index (κ2) is 12.2. The maximum atomic E-state index is 2.47. The van der Waals surface area contributed by atoms with Crippen LogP contribution < -0.4 is 0 Å². The summed E-state index contributed by atoms with van der Waals surface area (Å²) in [4.78, 5) is 0. The van der Waals surface area contributed by atoms with Crippen molar-refractivity contribution in [2.75, 3.05) is 4.43 Å². The van der Waals surface area contributed by atoms with Crippen molar-refractivity contribution in [2.45, 2.75) is 58.3 Å². The molecule has 3 aromatic carbocycles. The first kappa shape index (κ1) is 22.1. The van der Waals surface area contributed by atoms with E-state index in [9.17, 15) is 0 Å². The zero-order chi connectivity index (χ0) is 20.3. The van der Waals surface area contributed by atoms with E-state index in [2.05, 4.69) is 102 Å². The molecule has 0 aliphatic heterocycles. The molecule has 152 valence electrons. The third-order valence-corrected chi connectivity index (χ3v) is 6.36.